The Balaban J connectivity index is 4.16. The first kappa shape index (κ1) is 32.1. The molecule has 7 heteroatoms. The van der Waals surface area contributed by atoms with E-state index in [0.29, 0.717) is 6.54 Å². The summed E-state index contributed by atoms with van der Waals surface area (Å²) in [6.45, 7) is 3.48. The van der Waals surface area contributed by atoms with Gasteiger partial charge in [0.15, 0.2) is 0 Å². The number of carbonyl (C=O) groups is 3. The fourth-order valence-electron chi connectivity index (χ4n) is 4.37. The van der Waals surface area contributed by atoms with Crippen LogP contribution in [-0.2, 0) is 14.4 Å². The number of nitrogens with zero attached hydrogens (tertiary/aromatic N) is 1. The Bertz CT molecular complexity index is 530. The molecule has 2 N–H and O–H groups in total. The van der Waals surface area contributed by atoms with Crippen LogP contribution in [-0.4, -0.2) is 58.8 Å². The molecule has 0 saturated heterocycles. The van der Waals surface area contributed by atoms with Gasteiger partial charge in [0, 0.05) is 18.8 Å². The summed E-state index contributed by atoms with van der Waals surface area (Å²) < 4.78 is 0.193. The van der Waals surface area contributed by atoms with Crippen LogP contribution in [0.4, 0.5) is 0 Å². The van der Waals surface area contributed by atoms with Crippen molar-refractivity contribution in [1.29, 1.82) is 0 Å². The van der Waals surface area contributed by atoms with Gasteiger partial charge in [-0.3, -0.25) is 9.59 Å². The molecule has 34 heavy (non-hydrogen) atoms. The molecule has 0 saturated carbocycles. The molecule has 0 atom stereocenters. The summed E-state index contributed by atoms with van der Waals surface area (Å²) in [7, 11) is 0. The van der Waals surface area contributed by atoms with Gasteiger partial charge in [0.25, 0.3) is 0 Å². The fourth-order valence-corrected chi connectivity index (χ4v) is 4.37. The molecule has 0 aromatic rings. The van der Waals surface area contributed by atoms with Crippen molar-refractivity contribution < 1.29 is 34.2 Å². The molecule has 0 aromatic heterocycles. The van der Waals surface area contributed by atoms with Gasteiger partial charge >= 0.3 is 11.9 Å². The lowest BCUT2D eigenvalue weighted by Crippen LogP contribution is -2.52. The van der Waals surface area contributed by atoms with Crippen LogP contribution in [0.1, 0.15) is 116 Å². The summed E-state index contributed by atoms with van der Waals surface area (Å²) in [5, 5.41) is 29.1. The first-order valence-electron chi connectivity index (χ1n) is 13.4. The van der Waals surface area contributed by atoms with E-state index < -0.39 is 17.9 Å². The lowest BCUT2D eigenvalue weighted by molar-refractivity contribution is -0.927. The Morgan fingerprint density at radius 3 is 1.47 bits per heavy atom. The number of hydrogen-bond acceptors (Lipinski definition) is 4. The topological polar surface area (TPSA) is 115 Å². The zero-order valence-corrected chi connectivity index (χ0v) is 21.5. The molecule has 0 spiro atoms. The van der Waals surface area contributed by atoms with Crippen molar-refractivity contribution in [3.8, 4) is 0 Å². The Labute approximate surface area is 206 Å². The van der Waals surface area contributed by atoms with Gasteiger partial charge in [-0.1, -0.05) is 83.3 Å². The minimum Gasteiger partial charge on any atom is -0.550 e. The SMILES string of the molecule is CCCCCCCCCCCCC/C=C/CCC[N+](CCC(=O)[O-])(CCC(=O)O)CCC(=O)O. The molecule has 0 radical (unpaired) electrons. The zero-order chi connectivity index (χ0) is 25.5. The Hall–Kier alpha value is -1.89. The van der Waals surface area contributed by atoms with E-state index in [0.717, 1.165) is 19.3 Å². The number of carbonyl (C=O) groups excluding carboxylic acids is 1. The Morgan fingerprint density at radius 1 is 0.618 bits per heavy atom. The van der Waals surface area contributed by atoms with E-state index in [9.17, 15) is 19.5 Å². The normalized spacial score (nSPS) is 11.8. The number of quaternary nitrogens is 1. The first-order valence-corrected chi connectivity index (χ1v) is 13.4. The third-order valence-electron chi connectivity index (χ3n) is 6.53. The van der Waals surface area contributed by atoms with Crippen LogP contribution < -0.4 is 5.11 Å². The van der Waals surface area contributed by atoms with E-state index in [1.165, 1.54) is 70.6 Å². The highest BCUT2D eigenvalue weighted by molar-refractivity contribution is 5.67. The molecule has 0 fully saturated rings. The number of rotatable bonds is 25. The second kappa shape index (κ2) is 21.6. The van der Waals surface area contributed by atoms with Crippen molar-refractivity contribution >= 4 is 17.9 Å². The van der Waals surface area contributed by atoms with Crippen LogP contribution in [0.25, 0.3) is 0 Å². The van der Waals surface area contributed by atoms with E-state index in [1.54, 1.807) is 0 Å². The van der Waals surface area contributed by atoms with Crippen LogP contribution >= 0.6 is 0 Å². The second-order valence-electron chi connectivity index (χ2n) is 9.58. The van der Waals surface area contributed by atoms with Crippen LogP contribution in [0, 0.1) is 0 Å². The number of hydrogen-bond donors (Lipinski definition) is 2. The monoisotopic (exact) mass is 483 g/mol. The van der Waals surface area contributed by atoms with Crippen molar-refractivity contribution in [2.75, 3.05) is 26.2 Å². The minimum absolute atomic E-state index is 0.110. The highest BCUT2D eigenvalue weighted by Crippen LogP contribution is 2.15. The second-order valence-corrected chi connectivity index (χ2v) is 9.58. The largest absolute Gasteiger partial charge is 0.550 e. The highest BCUT2D eigenvalue weighted by Gasteiger charge is 2.28. The van der Waals surface area contributed by atoms with E-state index in [4.69, 9.17) is 10.2 Å². The third kappa shape index (κ3) is 20.7. The van der Waals surface area contributed by atoms with Gasteiger partial charge in [-0.05, 0) is 19.3 Å². The van der Waals surface area contributed by atoms with Crippen molar-refractivity contribution in [3.63, 3.8) is 0 Å². The Kier molecular flexibility index (Phi) is 20.4. The number of allylic oxidation sites excluding steroid dienone is 2. The van der Waals surface area contributed by atoms with Crippen LogP contribution in [0.15, 0.2) is 12.2 Å². The van der Waals surface area contributed by atoms with Gasteiger partial charge in [0.05, 0.1) is 39.0 Å². The maximum Gasteiger partial charge on any atom is 0.309 e. The quantitative estimate of drug-likeness (QED) is 0.108. The molecular weight excluding hydrogens is 434 g/mol. The predicted octanol–water partition coefficient (Wildman–Crippen LogP) is 4.93. The van der Waals surface area contributed by atoms with Gasteiger partial charge < -0.3 is 24.6 Å². The molecule has 198 valence electrons. The molecule has 0 aliphatic rings. The molecule has 0 aliphatic carbocycles. The van der Waals surface area contributed by atoms with Crippen LogP contribution in [0.2, 0.25) is 0 Å². The maximum absolute atomic E-state index is 11.1. The van der Waals surface area contributed by atoms with Gasteiger partial charge in [0.2, 0.25) is 0 Å². The molecule has 7 nitrogen and oxygen atoms in total. The van der Waals surface area contributed by atoms with Crippen molar-refractivity contribution in [2.24, 2.45) is 0 Å². The number of aliphatic carboxylic acids is 3. The standard InChI is InChI=1S/C27H49NO6/c1-2-3-4-5-6-7-8-9-10-11-12-13-14-15-16-17-21-28(22-18-25(29)30,23-19-26(31)32)24-20-27(33)34/h14-15H,2-13,16-24H2,1H3,(H2-,29,30,31,32,33,34)/b15-14+. The molecule has 0 amide bonds. The van der Waals surface area contributed by atoms with Gasteiger partial charge in [0.1, 0.15) is 0 Å². The number of carboxylic acid groups (broad SMARTS) is 3. The Morgan fingerprint density at radius 2 is 1.03 bits per heavy atom. The average Bonchev–Trinajstić information content (AvgIpc) is 2.79. The summed E-state index contributed by atoms with van der Waals surface area (Å²) in [4.78, 5) is 33.1. The molecule has 0 rings (SSSR count). The van der Waals surface area contributed by atoms with Crippen molar-refractivity contribution in [1.82, 2.24) is 0 Å². The van der Waals surface area contributed by atoms with E-state index in [-0.39, 0.29) is 43.4 Å². The summed E-state index contributed by atoms with van der Waals surface area (Å²) in [6.07, 6.45) is 21.2. The lowest BCUT2D eigenvalue weighted by atomic mass is 10.1. The third-order valence-corrected chi connectivity index (χ3v) is 6.53. The smallest absolute Gasteiger partial charge is 0.309 e. The number of carboxylic acids is 3. The first-order chi connectivity index (χ1) is 16.3. The van der Waals surface area contributed by atoms with Gasteiger partial charge in [-0.15, -0.1) is 0 Å². The minimum atomic E-state index is -1.19. The van der Waals surface area contributed by atoms with Crippen molar-refractivity contribution in [3.05, 3.63) is 12.2 Å². The van der Waals surface area contributed by atoms with E-state index in [1.807, 2.05) is 0 Å². The van der Waals surface area contributed by atoms with Crippen molar-refractivity contribution in [2.45, 2.75) is 116 Å². The molecule has 0 aliphatic heterocycles. The van der Waals surface area contributed by atoms with Crippen LogP contribution in [0.3, 0.4) is 0 Å². The molecular formula is C27H49NO6. The van der Waals surface area contributed by atoms with Crippen LogP contribution in [0.5, 0.6) is 0 Å². The summed E-state index contributed by atoms with van der Waals surface area (Å²) in [6, 6.07) is 0. The lowest BCUT2D eigenvalue weighted by Gasteiger charge is -2.38. The van der Waals surface area contributed by atoms with Gasteiger partial charge in [-0.25, -0.2) is 0 Å². The molecule has 0 bridgehead atoms. The molecule has 0 unspecified atom stereocenters. The van der Waals surface area contributed by atoms with E-state index in [2.05, 4.69) is 19.1 Å². The summed E-state index contributed by atoms with van der Waals surface area (Å²) in [5.41, 5.74) is 0. The number of unbranched alkanes of at least 4 members (excludes halogenated alkanes) is 12. The fraction of sp³-hybridized carbons (Fsp3) is 0.815. The van der Waals surface area contributed by atoms with Gasteiger partial charge in [-0.2, -0.15) is 0 Å². The summed E-state index contributed by atoms with van der Waals surface area (Å²) in [5.74, 6) is -3.11. The molecule has 0 heterocycles. The van der Waals surface area contributed by atoms with E-state index >= 15 is 0 Å². The predicted molar refractivity (Wildman–Crippen MR) is 133 cm³/mol. The maximum atomic E-state index is 11.1. The highest BCUT2D eigenvalue weighted by atomic mass is 16.4. The summed E-state index contributed by atoms with van der Waals surface area (Å²) >= 11 is 0. The average molecular weight is 484 g/mol. The molecule has 0 aromatic carbocycles. The zero-order valence-electron chi connectivity index (χ0n) is 21.5.